The van der Waals surface area contributed by atoms with Crippen LogP contribution in [0.4, 0.5) is 11.4 Å². The van der Waals surface area contributed by atoms with Gasteiger partial charge in [-0.15, -0.1) is 0 Å². The number of carbonyl (C=O) groups is 1. The zero-order valence-electron chi connectivity index (χ0n) is 16.5. The number of anilines is 2. The number of fused-ring (bicyclic) bond motifs is 1. The van der Waals surface area contributed by atoms with Gasteiger partial charge in [-0.2, -0.15) is 0 Å². The van der Waals surface area contributed by atoms with Crippen LogP contribution in [0.5, 0.6) is 11.5 Å². The molecular formula is C22H27N3O3. The first-order valence-corrected chi connectivity index (χ1v) is 9.78. The van der Waals surface area contributed by atoms with E-state index in [0.29, 0.717) is 6.42 Å². The standard InChI is InChI=1S/C22H27N3O3/c1-27-20-8-6-16(14-21(20)28-2)15-24-10-12-25(13-11-24)19-5-3-4-18-17(19)7-9-22(26)23-18/h3-6,8,14H,7,9-13,15H2,1-2H3,(H,23,26). The van der Waals surface area contributed by atoms with Gasteiger partial charge in [0.05, 0.1) is 14.2 Å². The molecule has 0 saturated carbocycles. The number of amides is 1. The van der Waals surface area contributed by atoms with E-state index in [1.807, 2.05) is 18.2 Å². The second kappa shape index (κ2) is 8.10. The molecular weight excluding hydrogens is 354 g/mol. The second-order valence-corrected chi connectivity index (χ2v) is 7.30. The van der Waals surface area contributed by atoms with E-state index >= 15 is 0 Å². The van der Waals surface area contributed by atoms with Gasteiger partial charge in [-0.25, -0.2) is 0 Å². The number of hydrogen-bond acceptors (Lipinski definition) is 5. The molecule has 2 aliphatic heterocycles. The topological polar surface area (TPSA) is 54.0 Å². The maximum absolute atomic E-state index is 11.7. The van der Waals surface area contributed by atoms with Crippen molar-refractivity contribution in [2.45, 2.75) is 19.4 Å². The van der Waals surface area contributed by atoms with Crippen molar-refractivity contribution in [2.24, 2.45) is 0 Å². The van der Waals surface area contributed by atoms with Crippen LogP contribution in [-0.2, 0) is 17.8 Å². The molecule has 2 heterocycles. The monoisotopic (exact) mass is 381 g/mol. The zero-order chi connectivity index (χ0) is 19.5. The number of rotatable bonds is 5. The molecule has 6 nitrogen and oxygen atoms in total. The Morgan fingerprint density at radius 3 is 2.50 bits per heavy atom. The summed E-state index contributed by atoms with van der Waals surface area (Å²) in [7, 11) is 3.33. The second-order valence-electron chi connectivity index (χ2n) is 7.30. The van der Waals surface area contributed by atoms with Crippen molar-refractivity contribution in [3.8, 4) is 11.5 Å². The summed E-state index contributed by atoms with van der Waals surface area (Å²) in [6.45, 7) is 4.88. The molecule has 0 aliphatic carbocycles. The van der Waals surface area contributed by atoms with E-state index in [4.69, 9.17) is 9.47 Å². The summed E-state index contributed by atoms with van der Waals surface area (Å²) in [5, 5.41) is 3.00. The highest BCUT2D eigenvalue weighted by molar-refractivity contribution is 5.95. The van der Waals surface area contributed by atoms with Crippen molar-refractivity contribution in [1.82, 2.24) is 4.90 Å². The molecule has 1 N–H and O–H groups in total. The highest BCUT2D eigenvalue weighted by Crippen LogP contribution is 2.33. The Labute approximate surface area is 166 Å². The fourth-order valence-electron chi connectivity index (χ4n) is 4.09. The van der Waals surface area contributed by atoms with E-state index in [-0.39, 0.29) is 5.91 Å². The van der Waals surface area contributed by atoms with Crippen molar-refractivity contribution >= 4 is 17.3 Å². The predicted molar refractivity (Wildman–Crippen MR) is 110 cm³/mol. The van der Waals surface area contributed by atoms with E-state index in [1.54, 1.807) is 14.2 Å². The molecule has 2 aromatic rings. The Balaban J connectivity index is 1.40. The molecule has 28 heavy (non-hydrogen) atoms. The van der Waals surface area contributed by atoms with Crippen molar-refractivity contribution in [2.75, 3.05) is 50.6 Å². The molecule has 0 atom stereocenters. The van der Waals surface area contributed by atoms with Crippen LogP contribution < -0.4 is 19.7 Å². The zero-order valence-corrected chi connectivity index (χ0v) is 16.5. The molecule has 6 heteroatoms. The third-order valence-corrected chi connectivity index (χ3v) is 5.59. The molecule has 2 aliphatic rings. The molecule has 148 valence electrons. The number of nitrogens with zero attached hydrogens (tertiary/aromatic N) is 2. The van der Waals surface area contributed by atoms with Crippen LogP contribution >= 0.6 is 0 Å². The summed E-state index contributed by atoms with van der Waals surface area (Å²) in [4.78, 5) is 16.6. The molecule has 1 fully saturated rings. The lowest BCUT2D eigenvalue weighted by Gasteiger charge is -2.38. The fourth-order valence-corrected chi connectivity index (χ4v) is 4.09. The quantitative estimate of drug-likeness (QED) is 0.863. The van der Waals surface area contributed by atoms with Crippen LogP contribution in [0.1, 0.15) is 17.5 Å². The molecule has 1 saturated heterocycles. The molecule has 0 radical (unpaired) electrons. The Morgan fingerprint density at radius 1 is 0.964 bits per heavy atom. The maximum Gasteiger partial charge on any atom is 0.224 e. The van der Waals surface area contributed by atoms with Gasteiger partial charge >= 0.3 is 0 Å². The maximum atomic E-state index is 11.7. The summed E-state index contributed by atoms with van der Waals surface area (Å²) in [6, 6.07) is 12.3. The molecule has 0 aromatic heterocycles. The number of piperazine rings is 1. The summed E-state index contributed by atoms with van der Waals surface area (Å²) in [6.07, 6.45) is 1.40. The Kier molecular flexibility index (Phi) is 5.39. The van der Waals surface area contributed by atoms with E-state index < -0.39 is 0 Å². The highest BCUT2D eigenvalue weighted by Gasteiger charge is 2.23. The van der Waals surface area contributed by atoms with E-state index in [2.05, 4.69) is 33.3 Å². The van der Waals surface area contributed by atoms with Crippen LogP contribution in [-0.4, -0.2) is 51.2 Å². The molecule has 2 aromatic carbocycles. The largest absolute Gasteiger partial charge is 0.493 e. The Morgan fingerprint density at radius 2 is 1.75 bits per heavy atom. The molecule has 0 spiro atoms. The van der Waals surface area contributed by atoms with Gasteiger partial charge in [0.25, 0.3) is 0 Å². The van der Waals surface area contributed by atoms with Crippen LogP contribution in [0.2, 0.25) is 0 Å². The minimum absolute atomic E-state index is 0.115. The van der Waals surface area contributed by atoms with Gasteiger partial charge in [0.15, 0.2) is 11.5 Å². The van der Waals surface area contributed by atoms with Gasteiger partial charge in [0.1, 0.15) is 0 Å². The number of carbonyl (C=O) groups excluding carboxylic acids is 1. The summed E-state index contributed by atoms with van der Waals surface area (Å²) in [5.74, 6) is 1.65. The van der Waals surface area contributed by atoms with E-state index in [9.17, 15) is 4.79 Å². The van der Waals surface area contributed by atoms with Crippen molar-refractivity contribution < 1.29 is 14.3 Å². The predicted octanol–water partition coefficient (Wildman–Crippen LogP) is 2.91. The normalized spacial score (nSPS) is 17.1. The van der Waals surface area contributed by atoms with Gasteiger partial charge < -0.3 is 19.7 Å². The minimum Gasteiger partial charge on any atom is -0.493 e. The van der Waals surface area contributed by atoms with Crippen molar-refractivity contribution in [3.05, 3.63) is 47.5 Å². The number of benzene rings is 2. The number of nitrogens with one attached hydrogen (secondary N) is 1. The van der Waals surface area contributed by atoms with Crippen molar-refractivity contribution in [1.29, 1.82) is 0 Å². The molecule has 0 bridgehead atoms. The lowest BCUT2D eigenvalue weighted by atomic mass is 10.00. The van der Waals surface area contributed by atoms with Crippen LogP contribution in [0.3, 0.4) is 0 Å². The summed E-state index contributed by atoms with van der Waals surface area (Å²) < 4.78 is 10.7. The lowest BCUT2D eigenvalue weighted by Crippen LogP contribution is -2.46. The average molecular weight is 381 g/mol. The van der Waals surface area contributed by atoms with Gasteiger partial charge in [-0.3, -0.25) is 9.69 Å². The third kappa shape index (κ3) is 3.78. The fraction of sp³-hybridized carbons (Fsp3) is 0.409. The van der Waals surface area contributed by atoms with Crippen LogP contribution in [0, 0.1) is 0 Å². The summed E-state index contributed by atoms with van der Waals surface area (Å²) in [5.41, 5.74) is 4.74. The summed E-state index contributed by atoms with van der Waals surface area (Å²) >= 11 is 0. The highest BCUT2D eigenvalue weighted by atomic mass is 16.5. The van der Waals surface area contributed by atoms with Gasteiger partial charge in [-0.05, 0) is 41.8 Å². The van der Waals surface area contributed by atoms with Gasteiger partial charge in [-0.1, -0.05) is 12.1 Å². The Hall–Kier alpha value is -2.73. The lowest BCUT2D eigenvalue weighted by molar-refractivity contribution is -0.116. The number of hydrogen-bond donors (Lipinski definition) is 1. The first kappa shape index (κ1) is 18.6. The first-order chi connectivity index (χ1) is 13.7. The van der Waals surface area contributed by atoms with Gasteiger partial charge in [0, 0.05) is 50.5 Å². The smallest absolute Gasteiger partial charge is 0.224 e. The van der Waals surface area contributed by atoms with Crippen LogP contribution in [0.25, 0.3) is 0 Å². The minimum atomic E-state index is 0.115. The van der Waals surface area contributed by atoms with E-state index in [1.165, 1.54) is 16.8 Å². The van der Waals surface area contributed by atoms with Crippen LogP contribution in [0.15, 0.2) is 36.4 Å². The molecule has 4 rings (SSSR count). The number of ether oxygens (including phenoxy) is 2. The van der Waals surface area contributed by atoms with E-state index in [0.717, 1.165) is 56.3 Å². The molecule has 1 amide bonds. The average Bonchev–Trinajstić information content (AvgIpc) is 2.73. The molecule has 0 unspecified atom stereocenters. The first-order valence-electron chi connectivity index (χ1n) is 9.78. The SMILES string of the molecule is COc1ccc(CN2CCN(c3cccc4c3CCC(=O)N4)CC2)cc1OC. The van der Waals surface area contributed by atoms with Crippen molar-refractivity contribution in [3.63, 3.8) is 0 Å². The van der Waals surface area contributed by atoms with Gasteiger partial charge in [0.2, 0.25) is 5.91 Å². The number of methoxy groups -OCH3 is 2. The Bertz CT molecular complexity index is 860. The third-order valence-electron chi connectivity index (χ3n) is 5.59.